The molecular weight excluding hydrogens is 395 g/mol. The Kier molecular flexibility index (Phi) is 4.99. The zero-order chi connectivity index (χ0) is 21.1. The average Bonchev–Trinajstić information content (AvgIpc) is 3.26. The maximum absolute atomic E-state index is 13.4. The molecule has 0 aliphatic rings. The Morgan fingerprint density at radius 1 is 1.23 bits per heavy atom. The van der Waals surface area contributed by atoms with Gasteiger partial charge in [-0.1, -0.05) is 12.1 Å². The Balaban J connectivity index is 1.70. The maximum Gasteiger partial charge on any atom is 0.342 e. The monoisotopic (exact) mass is 408 g/mol. The molecule has 0 radical (unpaired) electrons. The molecule has 0 spiro atoms. The summed E-state index contributed by atoms with van der Waals surface area (Å²) in [6, 6.07) is 10.9. The van der Waals surface area contributed by atoms with Crippen LogP contribution in [0.1, 0.15) is 15.9 Å². The van der Waals surface area contributed by atoms with Gasteiger partial charge in [-0.25, -0.2) is 14.2 Å². The molecule has 10 nitrogen and oxygen atoms in total. The van der Waals surface area contributed by atoms with Crippen molar-refractivity contribution in [1.82, 2.24) is 30.2 Å². The molecule has 150 valence electrons. The lowest BCUT2D eigenvalue weighted by Crippen LogP contribution is -2.18. The van der Waals surface area contributed by atoms with Crippen LogP contribution in [0.5, 0.6) is 5.75 Å². The highest BCUT2D eigenvalue weighted by molar-refractivity contribution is 5.86. The number of nitrogens with zero attached hydrogens (tertiary/aromatic N) is 5. The molecule has 0 atom stereocenters. The summed E-state index contributed by atoms with van der Waals surface area (Å²) in [7, 11) is 0. The molecule has 4 aromatic rings. The van der Waals surface area contributed by atoms with Gasteiger partial charge in [0.25, 0.3) is 5.56 Å². The van der Waals surface area contributed by atoms with E-state index < -0.39 is 17.1 Å². The minimum absolute atomic E-state index is 0.106. The number of carboxylic acid groups (broad SMARTS) is 1. The normalized spacial score (nSPS) is 10.7. The van der Waals surface area contributed by atoms with Crippen molar-refractivity contribution in [2.24, 2.45) is 0 Å². The summed E-state index contributed by atoms with van der Waals surface area (Å²) in [4.78, 5) is 29.4. The van der Waals surface area contributed by atoms with Crippen molar-refractivity contribution >= 4 is 5.97 Å². The summed E-state index contributed by atoms with van der Waals surface area (Å²) in [5.41, 5.74) is 0.320. The van der Waals surface area contributed by atoms with E-state index in [2.05, 4.69) is 25.5 Å². The largest absolute Gasteiger partial charge is 0.487 e. The third-order valence-corrected chi connectivity index (χ3v) is 4.14. The number of ether oxygens (including phenoxy) is 1. The molecule has 4 rings (SSSR count). The number of aromatic amines is 1. The molecule has 2 aromatic carbocycles. The molecule has 2 heterocycles. The number of carbonyl (C=O) groups is 1. The van der Waals surface area contributed by atoms with Gasteiger partial charge in [-0.05, 0) is 46.3 Å². The first-order valence-electron chi connectivity index (χ1n) is 8.59. The first-order valence-corrected chi connectivity index (χ1v) is 8.59. The SMILES string of the molecule is O=C(O)c1cnc(-c2ccc(OCc3cccc(F)c3)c(-n3cnnn3)c2)[nH]c1=O. The number of H-pyrrole nitrogens is 1. The molecule has 0 fully saturated rings. The molecule has 0 saturated heterocycles. The van der Waals surface area contributed by atoms with Gasteiger partial charge in [0.15, 0.2) is 0 Å². The fourth-order valence-electron chi connectivity index (χ4n) is 2.72. The Hall–Kier alpha value is -4.41. The molecule has 2 N–H and O–H groups in total. The maximum atomic E-state index is 13.4. The first-order chi connectivity index (χ1) is 14.5. The zero-order valence-corrected chi connectivity index (χ0v) is 15.2. The van der Waals surface area contributed by atoms with Crippen LogP contribution in [0, 0.1) is 5.82 Å². The van der Waals surface area contributed by atoms with E-state index in [9.17, 15) is 14.0 Å². The second-order valence-electron chi connectivity index (χ2n) is 6.14. The van der Waals surface area contributed by atoms with Crippen molar-refractivity contribution in [2.75, 3.05) is 0 Å². The van der Waals surface area contributed by atoms with Crippen LogP contribution in [0.3, 0.4) is 0 Å². The van der Waals surface area contributed by atoms with Crippen molar-refractivity contribution in [3.05, 3.63) is 82.3 Å². The van der Waals surface area contributed by atoms with E-state index in [1.807, 2.05) is 0 Å². The van der Waals surface area contributed by atoms with Gasteiger partial charge in [0.2, 0.25) is 0 Å². The van der Waals surface area contributed by atoms with Crippen molar-refractivity contribution in [2.45, 2.75) is 6.61 Å². The third kappa shape index (κ3) is 3.90. The van der Waals surface area contributed by atoms with Crippen LogP contribution in [-0.2, 0) is 6.61 Å². The number of tetrazole rings is 1. The Bertz CT molecular complexity index is 1270. The van der Waals surface area contributed by atoms with E-state index in [0.717, 1.165) is 6.20 Å². The van der Waals surface area contributed by atoms with Crippen LogP contribution in [0.4, 0.5) is 4.39 Å². The molecule has 0 aliphatic heterocycles. The smallest absolute Gasteiger partial charge is 0.342 e. The van der Waals surface area contributed by atoms with Gasteiger partial charge >= 0.3 is 5.97 Å². The van der Waals surface area contributed by atoms with Gasteiger partial charge in [0.1, 0.15) is 41.6 Å². The Morgan fingerprint density at radius 3 is 2.80 bits per heavy atom. The van der Waals surface area contributed by atoms with E-state index in [4.69, 9.17) is 9.84 Å². The van der Waals surface area contributed by atoms with Crippen LogP contribution >= 0.6 is 0 Å². The number of hydrogen-bond donors (Lipinski definition) is 2. The summed E-state index contributed by atoms with van der Waals surface area (Å²) >= 11 is 0. The molecule has 0 aliphatic carbocycles. The summed E-state index contributed by atoms with van der Waals surface area (Å²) in [6.45, 7) is 0.106. The molecular formula is C19H13FN6O4. The number of rotatable bonds is 6. The lowest BCUT2D eigenvalue weighted by Gasteiger charge is -2.12. The van der Waals surface area contributed by atoms with Gasteiger partial charge in [-0.2, -0.15) is 4.68 Å². The predicted molar refractivity (Wildman–Crippen MR) is 101 cm³/mol. The lowest BCUT2D eigenvalue weighted by molar-refractivity contribution is 0.0694. The van der Waals surface area contributed by atoms with Gasteiger partial charge < -0.3 is 14.8 Å². The number of hydrogen-bond acceptors (Lipinski definition) is 7. The number of carboxylic acids is 1. The van der Waals surface area contributed by atoms with Crippen LogP contribution in [-0.4, -0.2) is 41.3 Å². The van der Waals surface area contributed by atoms with Gasteiger partial charge in [-0.3, -0.25) is 4.79 Å². The molecule has 30 heavy (non-hydrogen) atoms. The van der Waals surface area contributed by atoms with Crippen LogP contribution < -0.4 is 10.3 Å². The Morgan fingerprint density at radius 2 is 2.10 bits per heavy atom. The van der Waals surface area contributed by atoms with Gasteiger partial charge in [0, 0.05) is 11.8 Å². The lowest BCUT2D eigenvalue weighted by atomic mass is 10.1. The molecule has 0 amide bonds. The van der Waals surface area contributed by atoms with Crippen molar-refractivity contribution < 1.29 is 19.0 Å². The van der Waals surface area contributed by atoms with Crippen LogP contribution in [0.2, 0.25) is 0 Å². The first kappa shape index (κ1) is 18.9. The number of halogens is 1. The van der Waals surface area contributed by atoms with E-state index in [0.29, 0.717) is 22.6 Å². The molecule has 0 unspecified atom stereocenters. The summed E-state index contributed by atoms with van der Waals surface area (Å²) in [5.74, 6) is -1.17. The van der Waals surface area contributed by atoms with Gasteiger partial charge in [-0.15, -0.1) is 5.10 Å². The van der Waals surface area contributed by atoms with Crippen molar-refractivity contribution in [1.29, 1.82) is 0 Å². The summed E-state index contributed by atoms with van der Waals surface area (Å²) < 4.78 is 20.6. The summed E-state index contributed by atoms with van der Waals surface area (Å²) in [6.07, 6.45) is 2.35. The van der Waals surface area contributed by atoms with E-state index in [1.165, 1.54) is 23.1 Å². The van der Waals surface area contributed by atoms with E-state index in [-0.39, 0.29) is 18.2 Å². The predicted octanol–water partition coefficient (Wildman–Crippen LogP) is 1.83. The number of nitrogens with one attached hydrogen (secondary N) is 1. The molecule has 0 bridgehead atoms. The minimum atomic E-state index is -1.37. The van der Waals surface area contributed by atoms with Crippen molar-refractivity contribution in [3.63, 3.8) is 0 Å². The third-order valence-electron chi connectivity index (χ3n) is 4.14. The quantitative estimate of drug-likeness (QED) is 0.493. The van der Waals surface area contributed by atoms with Crippen LogP contribution in [0.25, 0.3) is 17.1 Å². The minimum Gasteiger partial charge on any atom is -0.487 e. The second-order valence-corrected chi connectivity index (χ2v) is 6.14. The highest BCUT2D eigenvalue weighted by Crippen LogP contribution is 2.28. The van der Waals surface area contributed by atoms with E-state index >= 15 is 0 Å². The van der Waals surface area contributed by atoms with Gasteiger partial charge in [0.05, 0.1) is 0 Å². The highest BCUT2D eigenvalue weighted by Gasteiger charge is 2.14. The zero-order valence-electron chi connectivity index (χ0n) is 15.2. The van der Waals surface area contributed by atoms with Crippen molar-refractivity contribution in [3.8, 4) is 22.8 Å². The molecule has 2 aromatic heterocycles. The fraction of sp³-hybridized carbons (Fsp3) is 0.0526. The standard InChI is InChI=1S/C19H13FN6O4/c20-13-3-1-2-11(6-13)9-30-16-5-4-12(7-15(16)26-10-22-24-25-26)17-21-8-14(19(28)29)18(27)23-17/h1-8,10H,9H2,(H,28,29)(H,21,23,27). The Labute approximate surface area is 167 Å². The number of aromatic nitrogens is 6. The summed E-state index contributed by atoms with van der Waals surface area (Å²) in [5, 5.41) is 20.0. The fourth-order valence-corrected chi connectivity index (χ4v) is 2.72. The second kappa shape index (κ2) is 7.91. The topological polar surface area (TPSA) is 136 Å². The van der Waals surface area contributed by atoms with Crippen LogP contribution in [0.15, 0.2) is 59.8 Å². The van der Waals surface area contributed by atoms with E-state index in [1.54, 1.807) is 30.3 Å². The molecule has 11 heteroatoms. The average molecular weight is 408 g/mol. The number of aromatic carboxylic acids is 1. The molecule has 0 saturated carbocycles. The highest BCUT2D eigenvalue weighted by atomic mass is 19.1. The number of benzene rings is 2.